The molecule has 1 aromatic rings. The standard InChI is InChI=1S/C15H18N2O2/c1-2-11-5-7-12(8-6-11)17-10-14(18)16-9-3-4-13(16)15(17)19/h5-8,13H,2-4,9-10H2,1H3. The van der Waals surface area contributed by atoms with E-state index in [2.05, 4.69) is 6.92 Å². The van der Waals surface area contributed by atoms with Gasteiger partial charge in [0.15, 0.2) is 0 Å². The molecular weight excluding hydrogens is 240 g/mol. The first-order valence-electron chi connectivity index (χ1n) is 6.90. The van der Waals surface area contributed by atoms with Crippen LogP contribution < -0.4 is 4.90 Å². The van der Waals surface area contributed by atoms with E-state index < -0.39 is 0 Å². The zero-order chi connectivity index (χ0) is 13.4. The van der Waals surface area contributed by atoms with Crippen LogP contribution in [-0.4, -0.2) is 35.8 Å². The van der Waals surface area contributed by atoms with Gasteiger partial charge in [0.05, 0.1) is 0 Å². The van der Waals surface area contributed by atoms with Gasteiger partial charge in [-0.05, 0) is 37.0 Å². The minimum Gasteiger partial charge on any atom is -0.329 e. The number of hydrogen-bond acceptors (Lipinski definition) is 2. The van der Waals surface area contributed by atoms with Gasteiger partial charge in [-0.1, -0.05) is 19.1 Å². The quantitative estimate of drug-likeness (QED) is 0.808. The smallest absolute Gasteiger partial charge is 0.250 e. The molecule has 0 aromatic heterocycles. The largest absolute Gasteiger partial charge is 0.329 e. The number of amides is 2. The van der Waals surface area contributed by atoms with Crippen LogP contribution in [0.4, 0.5) is 5.69 Å². The zero-order valence-electron chi connectivity index (χ0n) is 11.1. The van der Waals surface area contributed by atoms with Gasteiger partial charge in [0.1, 0.15) is 12.6 Å². The van der Waals surface area contributed by atoms with Gasteiger partial charge in [0.25, 0.3) is 0 Å². The lowest BCUT2D eigenvalue weighted by atomic mass is 10.1. The van der Waals surface area contributed by atoms with E-state index in [1.807, 2.05) is 24.3 Å². The number of benzene rings is 1. The molecule has 3 rings (SSSR count). The molecule has 2 saturated heterocycles. The van der Waals surface area contributed by atoms with Gasteiger partial charge in [0, 0.05) is 12.2 Å². The molecule has 1 atom stereocenters. The Morgan fingerprint density at radius 2 is 1.95 bits per heavy atom. The van der Waals surface area contributed by atoms with Gasteiger partial charge in [-0.25, -0.2) is 0 Å². The fourth-order valence-electron chi connectivity index (χ4n) is 2.94. The minimum absolute atomic E-state index is 0.0707. The van der Waals surface area contributed by atoms with Crippen molar-refractivity contribution in [3.63, 3.8) is 0 Å². The molecule has 0 radical (unpaired) electrons. The van der Waals surface area contributed by atoms with Gasteiger partial charge in [-0.2, -0.15) is 0 Å². The third-order valence-corrected chi connectivity index (χ3v) is 4.07. The zero-order valence-corrected chi connectivity index (χ0v) is 11.1. The van der Waals surface area contributed by atoms with E-state index in [0.29, 0.717) is 0 Å². The lowest BCUT2D eigenvalue weighted by molar-refractivity contribution is -0.140. The summed E-state index contributed by atoms with van der Waals surface area (Å²) in [5.41, 5.74) is 2.07. The van der Waals surface area contributed by atoms with E-state index in [0.717, 1.165) is 31.5 Å². The average Bonchev–Trinajstić information content (AvgIpc) is 2.93. The van der Waals surface area contributed by atoms with Gasteiger partial charge >= 0.3 is 0 Å². The average molecular weight is 258 g/mol. The topological polar surface area (TPSA) is 40.6 Å². The summed E-state index contributed by atoms with van der Waals surface area (Å²) in [5, 5.41) is 0. The first kappa shape index (κ1) is 12.2. The molecule has 19 heavy (non-hydrogen) atoms. The molecule has 2 aliphatic heterocycles. The van der Waals surface area contributed by atoms with Crippen LogP contribution in [0.5, 0.6) is 0 Å². The molecule has 0 spiro atoms. The Morgan fingerprint density at radius 3 is 2.63 bits per heavy atom. The van der Waals surface area contributed by atoms with Crippen molar-refractivity contribution < 1.29 is 9.59 Å². The molecule has 0 bridgehead atoms. The lowest BCUT2D eigenvalue weighted by Crippen LogP contribution is -2.57. The van der Waals surface area contributed by atoms with Crippen LogP contribution in [0.25, 0.3) is 0 Å². The van der Waals surface area contributed by atoms with Crippen molar-refractivity contribution in [3.8, 4) is 0 Å². The SMILES string of the molecule is CCc1ccc(N2CC(=O)N3CCCC3C2=O)cc1. The Labute approximate surface area is 113 Å². The molecule has 0 saturated carbocycles. The summed E-state index contributed by atoms with van der Waals surface area (Å²) in [5.74, 6) is 0.142. The van der Waals surface area contributed by atoms with Crippen molar-refractivity contribution in [1.29, 1.82) is 0 Å². The second-order valence-electron chi connectivity index (χ2n) is 5.19. The van der Waals surface area contributed by atoms with Crippen molar-refractivity contribution >= 4 is 17.5 Å². The highest BCUT2D eigenvalue weighted by Gasteiger charge is 2.42. The van der Waals surface area contributed by atoms with Crippen molar-refractivity contribution in [1.82, 2.24) is 4.90 Å². The van der Waals surface area contributed by atoms with E-state index in [9.17, 15) is 9.59 Å². The number of carbonyl (C=O) groups excluding carboxylic acids is 2. The second kappa shape index (κ2) is 4.68. The number of carbonyl (C=O) groups is 2. The van der Waals surface area contributed by atoms with Crippen molar-refractivity contribution in [2.75, 3.05) is 18.0 Å². The Balaban J connectivity index is 1.87. The van der Waals surface area contributed by atoms with Crippen LogP contribution >= 0.6 is 0 Å². The molecule has 4 nitrogen and oxygen atoms in total. The normalized spacial score (nSPS) is 22.9. The number of aryl methyl sites for hydroxylation is 1. The Hall–Kier alpha value is -1.84. The molecule has 0 aliphatic carbocycles. The summed E-state index contributed by atoms with van der Waals surface area (Å²) < 4.78 is 0. The number of anilines is 1. The Kier molecular flexibility index (Phi) is 3.01. The first-order chi connectivity index (χ1) is 9.20. The number of piperazine rings is 1. The van der Waals surface area contributed by atoms with Crippen molar-refractivity contribution in [2.24, 2.45) is 0 Å². The molecule has 4 heteroatoms. The molecule has 2 fully saturated rings. The highest BCUT2D eigenvalue weighted by atomic mass is 16.2. The summed E-state index contributed by atoms with van der Waals surface area (Å²) in [4.78, 5) is 27.9. The third kappa shape index (κ3) is 2.01. The predicted octanol–water partition coefficient (Wildman–Crippen LogP) is 1.59. The second-order valence-corrected chi connectivity index (χ2v) is 5.19. The maximum atomic E-state index is 12.4. The molecular formula is C15H18N2O2. The van der Waals surface area contributed by atoms with E-state index in [1.54, 1.807) is 9.80 Å². The first-order valence-corrected chi connectivity index (χ1v) is 6.90. The predicted molar refractivity (Wildman–Crippen MR) is 72.9 cm³/mol. The minimum atomic E-state index is -0.230. The van der Waals surface area contributed by atoms with E-state index in [1.165, 1.54) is 5.56 Å². The number of hydrogen-bond donors (Lipinski definition) is 0. The van der Waals surface area contributed by atoms with E-state index >= 15 is 0 Å². The Morgan fingerprint density at radius 1 is 1.21 bits per heavy atom. The molecule has 1 unspecified atom stereocenters. The van der Waals surface area contributed by atoms with Gasteiger partial charge in [-0.3, -0.25) is 9.59 Å². The van der Waals surface area contributed by atoms with Crippen molar-refractivity contribution in [3.05, 3.63) is 29.8 Å². The molecule has 2 aliphatic rings. The van der Waals surface area contributed by atoms with E-state index in [4.69, 9.17) is 0 Å². The third-order valence-electron chi connectivity index (χ3n) is 4.07. The fourth-order valence-corrected chi connectivity index (χ4v) is 2.94. The number of nitrogens with zero attached hydrogens (tertiary/aromatic N) is 2. The summed E-state index contributed by atoms with van der Waals surface area (Å²) in [6, 6.07) is 7.69. The van der Waals surface area contributed by atoms with Gasteiger partial charge < -0.3 is 9.80 Å². The fraction of sp³-hybridized carbons (Fsp3) is 0.467. The highest BCUT2D eigenvalue weighted by molar-refractivity contribution is 6.06. The molecule has 100 valence electrons. The summed E-state index contributed by atoms with van der Waals surface area (Å²) in [6.07, 6.45) is 2.71. The molecule has 1 aromatic carbocycles. The van der Waals surface area contributed by atoms with Crippen LogP contribution in [0.15, 0.2) is 24.3 Å². The van der Waals surface area contributed by atoms with Crippen LogP contribution in [0.1, 0.15) is 25.3 Å². The van der Waals surface area contributed by atoms with Crippen LogP contribution in [0.3, 0.4) is 0 Å². The van der Waals surface area contributed by atoms with E-state index in [-0.39, 0.29) is 24.4 Å². The summed E-state index contributed by atoms with van der Waals surface area (Å²) in [7, 11) is 0. The Bertz CT molecular complexity index is 509. The monoisotopic (exact) mass is 258 g/mol. The maximum absolute atomic E-state index is 12.4. The van der Waals surface area contributed by atoms with Gasteiger partial charge in [-0.15, -0.1) is 0 Å². The molecule has 2 heterocycles. The van der Waals surface area contributed by atoms with Crippen LogP contribution in [-0.2, 0) is 16.0 Å². The molecule has 0 N–H and O–H groups in total. The van der Waals surface area contributed by atoms with Gasteiger partial charge in [0.2, 0.25) is 11.8 Å². The van der Waals surface area contributed by atoms with Crippen LogP contribution in [0, 0.1) is 0 Å². The lowest BCUT2D eigenvalue weighted by Gasteiger charge is -2.36. The van der Waals surface area contributed by atoms with Crippen molar-refractivity contribution in [2.45, 2.75) is 32.2 Å². The number of fused-ring (bicyclic) bond motifs is 1. The summed E-state index contributed by atoms with van der Waals surface area (Å²) >= 11 is 0. The van der Waals surface area contributed by atoms with Crippen LogP contribution in [0.2, 0.25) is 0 Å². The summed E-state index contributed by atoms with van der Waals surface area (Å²) in [6.45, 7) is 3.01. The maximum Gasteiger partial charge on any atom is 0.250 e. The number of rotatable bonds is 2. The molecule has 2 amide bonds. The highest BCUT2D eigenvalue weighted by Crippen LogP contribution is 2.27.